The van der Waals surface area contributed by atoms with Gasteiger partial charge in [0.1, 0.15) is 0 Å². The van der Waals surface area contributed by atoms with Crippen molar-refractivity contribution in [2.75, 3.05) is 0 Å². The van der Waals surface area contributed by atoms with E-state index in [0.29, 0.717) is 11.3 Å². The molecule has 220 valence electrons. The van der Waals surface area contributed by atoms with Crippen molar-refractivity contribution in [3.63, 3.8) is 0 Å². The maximum Gasteiger partial charge on any atom is 0.0586 e. The molecular formula is C40H54O. The van der Waals surface area contributed by atoms with Gasteiger partial charge in [-0.2, -0.15) is 0 Å². The van der Waals surface area contributed by atoms with Crippen LogP contribution in [0.25, 0.3) is 0 Å². The van der Waals surface area contributed by atoms with Crippen molar-refractivity contribution in [1.82, 2.24) is 0 Å². The summed E-state index contributed by atoms with van der Waals surface area (Å²) in [6, 6.07) is 0. The minimum atomic E-state index is -0.254. The molecule has 0 spiro atoms. The molecule has 0 aromatic rings. The molecule has 0 amide bonds. The molecule has 0 aromatic carbocycles. The van der Waals surface area contributed by atoms with E-state index in [1.165, 1.54) is 46.3 Å². The minimum absolute atomic E-state index is 0.0742. The highest BCUT2D eigenvalue weighted by Crippen LogP contribution is 2.42. The smallest absolute Gasteiger partial charge is 0.0586 e. The van der Waals surface area contributed by atoms with Crippen LogP contribution in [0.4, 0.5) is 0 Å². The molecule has 0 radical (unpaired) electrons. The summed E-state index contributed by atoms with van der Waals surface area (Å²) in [5, 5.41) is 10.1. The summed E-state index contributed by atoms with van der Waals surface area (Å²) in [5.41, 5.74) is 8.82. The lowest BCUT2D eigenvalue weighted by Gasteiger charge is -2.36. The van der Waals surface area contributed by atoms with E-state index in [1.54, 1.807) is 0 Å². The van der Waals surface area contributed by atoms with Crippen LogP contribution in [0.1, 0.15) is 94.9 Å². The largest absolute Gasteiger partial charge is 0.393 e. The van der Waals surface area contributed by atoms with Gasteiger partial charge < -0.3 is 5.11 Å². The van der Waals surface area contributed by atoms with Gasteiger partial charge in [0, 0.05) is 16.9 Å². The monoisotopic (exact) mass is 550 g/mol. The molecular weight excluding hydrogens is 496 g/mol. The highest BCUT2D eigenvalue weighted by atomic mass is 16.3. The normalized spacial score (nSPS) is 24.5. The number of allylic oxidation sites excluding steroid dienone is 19. The predicted molar refractivity (Wildman–Crippen MR) is 181 cm³/mol. The quantitative estimate of drug-likeness (QED) is 0.181. The highest BCUT2D eigenvalue weighted by molar-refractivity contribution is 5.45. The van der Waals surface area contributed by atoms with Crippen LogP contribution in [0.15, 0.2) is 118 Å². The van der Waals surface area contributed by atoms with Crippen LogP contribution in [0.5, 0.6) is 0 Å². The van der Waals surface area contributed by atoms with Gasteiger partial charge in [0.25, 0.3) is 0 Å². The van der Waals surface area contributed by atoms with E-state index in [9.17, 15) is 5.11 Å². The standard InChI is InChI=1S/C40H54O/c1-30(18-13-20-32(3)23-25-37-34(5)22-15-27-39(37,7)8)16-11-12-17-31(2)19-14-21-33(4)24-26-38-35(6)28-36(41)29-40(38,9)10/h11-14,16-23,25,36-37,41H,15,27-29H2,1-10H3/b12-11+,18-13+,19-14+,25-23+,30-16+,31-17+,32-20+,33-21+/t36-,37?/m1/s1. The Labute approximate surface area is 252 Å². The fraction of sp³-hybridized carbons (Fsp3) is 0.450. The number of hydrogen-bond donors (Lipinski definition) is 1. The Bertz CT molecular complexity index is 1290. The van der Waals surface area contributed by atoms with Gasteiger partial charge in [-0.1, -0.05) is 146 Å². The van der Waals surface area contributed by atoms with Crippen LogP contribution < -0.4 is 0 Å². The van der Waals surface area contributed by atoms with Gasteiger partial charge in [0.15, 0.2) is 0 Å². The molecule has 2 rings (SSSR count). The Morgan fingerprint density at radius 2 is 1.39 bits per heavy atom. The Balaban J connectivity index is 1.90. The Kier molecular flexibility index (Phi) is 13.1. The van der Waals surface area contributed by atoms with Crippen molar-refractivity contribution < 1.29 is 5.11 Å². The van der Waals surface area contributed by atoms with Gasteiger partial charge in [-0.05, 0) is 78.2 Å². The van der Waals surface area contributed by atoms with Crippen LogP contribution in [0, 0.1) is 28.6 Å². The first-order valence-corrected chi connectivity index (χ1v) is 15.2. The van der Waals surface area contributed by atoms with E-state index in [2.05, 4.69) is 153 Å². The van der Waals surface area contributed by atoms with Gasteiger partial charge in [-0.3, -0.25) is 0 Å². The molecule has 2 aliphatic carbocycles. The van der Waals surface area contributed by atoms with E-state index in [0.717, 1.165) is 18.4 Å². The summed E-state index contributed by atoms with van der Waals surface area (Å²) >= 11 is 0. The first-order chi connectivity index (χ1) is 19.2. The van der Waals surface area contributed by atoms with Crippen LogP contribution in [0.3, 0.4) is 0 Å². The predicted octanol–water partition coefficient (Wildman–Crippen LogP) is 10.9. The van der Waals surface area contributed by atoms with Gasteiger partial charge >= 0.3 is 0 Å². The van der Waals surface area contributed by atoms with Crippen LogP contribution in [-0.4, -0.2) is 11.2 Å². The summed E-state index contributed by atoms with van der Waals surface area (Å²) in [6.45, 7) is 21.9. The molecule has 0 bridgehead atoms. The van der Waals surface area contributed by atoms with Crippen LogP contribution in [0.2, 0.25) is 0 Å². The van der Waals surface area contributed by atoms with Gasteiger partial charge in [0.2, 0.25) is 0 Å². The van der Waals surface area contributed by atoms with Crippen LogP contribution >= 0.6 is 0 Å². The second kappa shape index (κ2) is 15.8. The summed E-state index contributed by atoms with van der Waals surface area (Å²) in [7, 11) is 0. The zero-order valence-corrected chi connectivity index (χ0v) is 27.4. The third kappa shape index (κ3) is 11.7. The van der Waals surface area contributed by atoms with Crippen molar-refractivity contribution in [3.8, 4) is 11.8 Å². The van der Waals surface area contributed by atoms with Crippen molar-refractivity contribution in [2.45, 2.75) is 101 Å². The summed E-state index contributed by atoms with van der Waals surface area (Å²) < 4.78 is 0. The average Bonchev–Trinajstić information content (AvgIpc) is 2.84. The molecule has 0 aliphatic heterocycles. The fourth-order valence-corrected chi connectivity index (χ4v) is 5.78. The van der Waals surface area contributed by atoms with Crippen molar-refractivity contribution in [2.24, 2.45) is 16.7 Å². The molecule has 2 atom stereocenters. The molecule has 1 nitrogen and oxygen atoms in total. The second-order valence-electron chi connectivity index (χ2n) is 13.3. The maximum atomic E-state index is 10.1. The molecule has 41 heavy (non-hydrogen) atoms. The Morgan fingerprint density at radius 3 is 1.98 bits per heavy atom. The summed E-state index contributed by atoms with van der Waals surface area (Å²) in [5.74, 6) is 7.21. The molecule has 1 unspecified atom stereocenters. The lowest BCUT2D eigenvalue weighted by Crippen LogP contribution is -2.28. The third-order valence-corrected chi connectivity index (χ3v) is 8.17. The molecule has 1 heteroatoms. The van der Waals surface area contributed by atoms with Crippen molar-refractivity contribution >= 4 is 0 Å². The molecule has 1 N–H and O–H groups in total. The minimum Gasteiger partial charge on any atom is -0.393 e. The number of aliphatic hydroxyl groups excluding tert-OH is 1. The molecule has 2 aliphatic rings. The molecule has 0 aromatic heterocycles. The van der Waals surface area contributed by atoms with E-state index in [-0.39, 0.29) is 11.5 Å². The molecule has 0 fully saturated rings. The van der Waals surface area contributed by atoms with Crippen LogP contribution in [-0.2, 0) is 0 Å². The summed E-state index contributed by atoms with van der Waals surface area (Å²) in [6.07, 6.45) is 31.8. The number of aliphatic hydroxyl groups is 1. The average molecular weight is 551 g/mol. The topological polar surface area (TPSA) is 20.2 Å². The Morgan fingerprint density at radius 1 is 0.829 bits per heavy atom. The first kappa shape index (κ1) is 34.1. The first-order valence-electron chi connectivity index (χ1n) is 15.2. The highest BCUT2D eigenvalue weighted by Gasteiger charge is 2.32. The fourth-order valence-electron chi connectivity index (χ4n) is 5.78. The van der Waals surface area contributed by atoms with Gasteiger partial charge in [-0.25, -0.2) is 0 Å². The summed E-state index contributed by atoms with van der Waals surface area (Å²) in [4.78, 5) is 0. The lowest BCUT2D eigenvalue weighted by molar-refractivity contribution is 0.117. The SMILES string of the molecule is CC1=CCCC(C)(C)C1/C=C/C(C)=C/C=C/C(C)=C/C=C/C=C(C)/C=C/C=C(\C)C#CC1=C(C)C[C@@H](O)CC1(C)C. The Hall–Kier alpha value is -3.08. The molecule has 0 saturated carbocycles. The van der Waals surface area contributed by atoms with Gasteiger partial charge in [-0.15, -0.1) is 0 Å². The number of rotatable bonds is 8. The van der Waals surface area contributed by atoms with E-state index in [4.69, 9.17) is 0 Å². The maximum absolute atomic E-state index is 10.1. The molecule has 0 saturated heterocycles. The zero-order chi connectivity index (χ0) is 30.6. The molecule has 0 heterocycles. The zero-order valence-electron chi connectivity index (χ0n) is 27.4. The second-order valence-corrected chi connectivity index (χ2v) is 13.3. The van der Waals surface area contributed by atoms with Crippen molar-refractivity contribution in [3.05, 3.63) is 118 Å². The number of hydrogen-bond acceptors (Lipinski definition) is 1. The third-order valence-electron chi connectivity index (χ3n) is 8.17. The van der Waals surface area contributed by atoms with E-state index < -0.39 is 0 Å². The lowest BCUT2D eigenvalue weighted by atomic mass is 9.68. The van der Waals surface area contributed by atoms with E-state index in [1.807, 2.05) is 6.92 Å². The van der Waals surface area contributed by atoms with Gasteiger partial charge in [0.05, 0.1) is 6.10 Å². The van der Waals surface area contributed by atoms with Crippen molar-refractivity contribution in [1.29, 1.82) is 0 Å². The van der Waals surface area contributed by atoms with E-state index >= 15 is 0 Å².